The third-order valence-electron chi connectivity index (χ3n) is 4.25. The van der Waals surface area contributed by atoms with Gasteiger partial charge in [0, 0.05) is 18.5 Å². The number of aromatic nitrogens is 2. The summed E-state index contributed by atoms with van der Waals surface area (Å²) >= 11 is 0. The van der Waals surface area contributed by atoms with E-state index in [1.54, 1.807) is 12.1 Å². The molecule has 0 bridgehead atoms. The molecule has 20 heavy (non-hydrogen) atoms. The van der Waals surface area contributed by atoms with Gasteiger partial charge in [0.1, 0.15) is 11.6 Å². The summed E-state index contributed by atoms with van der Waals surface area (Å²) in [6.07, 6.45) is 4.33. The lowest BCUT2D eigenvalue weighted by Crippen LogP contribution is -2.32. The summed E-state index contributed by atoms with van der Waals surface area (Å²) in [7, 11) is 2.17. The van der Waals surface area contributed by atoms with Gasteiger partial charge in [-0.25, -0.2) is 9.37 Å². The van der Waals surface area contributed by atoms with Crippen molar-refractivity contribution >= 4 is 11.0 Å². The molecule has 2 aromatic rings. The molecule has 0 amide bonds. The standard InChI is InChI=1S/C16H22FN3/c1-3-4-16-18-14-11-12(17)5-6-15(14)20(16)13-7-9-19(2)10-8-13/h5-6,11,13H,3-4,7-10H2,1-2H3. The van der Waals surface area contributed by atoms with Gasteiger partial charge in [-0.3, -0.25) is 0 Å². The fourth-order valence-corrected chi connectivity index (χ4v) is 3.18. The van der Waals surface area contributed by atoms with Crippen LogP contribution in [0.5, 0.6) is 0 Å². The van der Waals surface area contributed by atoms with Crippen molar-refractivity contribution in [1.82, 2.24) is 14.5 Å². The maximum atomic E-state index is 13.4. The lowest BCUT2D eigenvalue weighted by Gasteiger charge is -2.31. The molecule has 0 N–H and O–H groups in total. The number of aryl methyl sites for hydroxylation is 1. The van der Waals surface area contributed by atoms with E-state index in [0.29, 0.717) is 6.04 Å². The number of benzene rings is 1. The predicted octanol–water partition coefficient (Wildman–Crippen LogP) is 3.39. The fourth-order valence-electron chi connectivity index (χ4n) is 3.18. The van der Waals surface area contributed by atoms with Crippen molar-refractivity contribution in [2.24, 2.45) is 0 Å². The van der Waals surface area contributed by atoms with Gasteiger partial charge in [0.15, 0.2) is 0 Å². The van der Waals surface area contributed by atoms with Crippen molar-refractivity contribution in [3.8, 4) is 0 Å². The van der Waals surface area contributed by atoms with Gasteiger partial charge in [0.25, 0.3) is 0 Å². The molecule has 0 spiro atoms. The van der Waals surface area contributed by atoms with E-state index in [9.17, 15) is 4.39 Å². The van der Waals surface area contributed by atoms with Crippen molar-refractivity contribution in [1.29, 1.82) is 0 Å². The van der Waals surface area contributed by atoms with Crippen LogP contribution in [0.25, 0.3) is 11.0 Å². The molecule has 3 nitrogen and oxygen atoms in total. The number of imidazole rings is 1. The highest BCUT2D eigenvalue weighted by atomic mass is 19.1. The van der Waals surface area contributed by atoms with E-state index in [1.807, 2.05) is 6.07 Å². The third kappa shape index (κ3) is 2.44. The molecular formula is C16H22FN3. The van der Waals surface area contributed by atoms with Crippen molar-refractivity contribution in [2.45, 2.75) is 38.6 Å². The Morgan fingerprint density at radius 1 is 1.30 bits per heavy atom. The first-order valence-electron chi connectivity index (χ1n) is 7.54. The highest BCUT2D eigenvalue weighted by Gasteiger charge is 2.22. The van der Waals surface area contributed by atoms with Crippen LogP contribution >= 0.6 is 0 Å². The van der Waals surface area contributed by atoms with Crippen molar-refractivity contribution < 1.29 is 4.39 Å². The minimum Gasteiger partial charge on any atom is -0.325 e. The smallest absolute Gasteiger partial charge is 0.125 e. The Morgan fingerprint density at radius 2 is 2.05 bits per heavy atom. The summed E-state index contributed by atoms with van der Waals surface area (Å²) in [6, 6.07) is 5.49. The first-order valence-corrected chi connectivity index (χ1v) is 7.54. The zero-order valence-electron chi connectivity index (χ0n) is 12.3. The zero-order chi connectivity index (χ0) is 14.1. The van der Waals surface area contributed by atoms with Crippen LogP contribution in [0.3, 0.4) is 0 Å². The highest BCUT2D eigenvalue weighted by molar-refractivity contribution is 5.76. The van der Waals surface area contributed by atoms with Gasteiger partial charge in [-0.15, -0.1) is 0 Å². The Hall–Kier alpha value is -1.42. The molecule has 3 rings (SSSR count). The molecule has 4 heteroatoms. The summed E-state index contributed by atoms with van der Waals surface area (Å²) in [6.45, 7) is 4.41. The summed E-state index contributed by atoms with van der Waals surface area (Å²) < 4.78 is 15.8. The lowest BCUT2D eigenvalue weighted by molar-refractivity contribution is 0.221. The van der Waals surface area contributed by atoms with E-state index in [4.69, 9.17) is 0 Å². The molecule has 1 aromatic carbocycles. The van der Waals surface area contributed by atoms with Crippen molar-refractivity contribution in [2.75, 3.05) is 20.1 Å². The fraction of sp³-hybridized carbons (Fsp3) is 0.562. The number of hydrogen-bond acceptors (Lipinski definition) is 2. The summed E-state index contributed by atoms with van der Waals surface area (Å²) in [5.74, 6) is 0.913. The van der Waals surface area contributed by atoms with E-state index >= 15 is 0 Å². The second-order valence-corrected chi connectivity index (χ2v) is 5.82. The van der Waals surface area contributed by atoms with Crippen molar-refractivity contribution in [3.63, 3.8) is 0 Å². The van der Waals surface area contributed by atoms with Crippen LogP contribution in [-0.2, 0) is 6.42 Å². The van der Waals surface area contributed by atoms with Gasteiger partial charge in [-0.1, -0.05) is 6.92 Å². The normalized spacial score (nSPS) is 17.9. The van der Waals surface area contributed by atoms with Crippen LogP contribution in [0, 0.1) is 5.82 Å². The highest BCUT2D eigenvalue weighted by Crippen LogP contribution is 2.29. The molecule has 0 atom stereocenters. The molecule has 1 saturated heterocycles. The first-order chi connectivity index (χ1) is 9.69. The molecule has 1 fully saturated rings. The molecule has 1 aromatic heterocycles. The Bertz CT molecular complexity index is 597. The SMILES string of the molecule is CCCc1nc2cc(F)ccc2n1C1CCN(C)CC1. The monoisotopic (exact) mass is 275 g/mol. The number of piperidine rings is 1. The molecule has 0 saturated carbocycles. The van der Waals surface area contributed by atoms with Gasteiger partial charge in [0.2, 0.25) is 0 Å². The third-order valence-corrected chi connectivity index (χ3v) is 4.25. The van der Waals surface area contributed by atoms with E-state index in [2.05, 4.69) is 28.4 Å². The number of rotatable bonds is 3. The minimum absolute atomic E-state index is 0.200. The van der Waals surface area contributed by atoms with Gasteiger partial charge in [0.05, 0.1) is 11.0 Å². The molecule has 1 aliphatic rings. The van der Waals surface area contributed by atoms with E-state index in [1.165, 1.54) is 0 Å². The van der Waals surface area contributed by atoms with Crippen LogP contribution in [0.2, 0.25) is 0 Å². The van der Waals surface area contributed by atoms with Gasteiger partial charge >= 0.3 is 0 Å². The average Bonchev–Trinajstić information content (AvgIpc) is 2.77. The van der Waals surface area contributed by atoms with E-state index < -0.39 is 0 Å². The molecule has 1 aliphatic heterocycles. The molecule has 2 heterocycles. The van der Waals surface area contributed by atoms with Crippen LogP contribution < -0.4 is 0 Å². The molecule has 108 valence electrons. The lowest BCUT2D eigenvalue weighted by atomic mass is 10.0. The Morgan fingerprint density at radius 3 is 2.75 bits per heavy atom. The van der Waals surface area contributed by atoms with E-state index in [0.717, 1.165) is 55.6 Å². The van der Waals surface area contributed by atoms with Crippen LogP contribution in [-0.4, -0.2) is 34.6 Å². The Labute approximate surface area is 119 Å². The number of nitrogens with zero attached hydrogens (tertiary/aromatic N) is 3. The number of fused-ring (bicyclic) bond motifs is 1. The second-order valence-electron chi connectivity index (χ2n) is 5.82. The van der Waals surface area contributed by atoms with Crippen LogP contribution in [0.15, 0.2) is 18.2 Å². The maximum absolute atomic E-state index is 13.4. The zero-order valence-corrected chi connectivity index (χ0v) is 12.3. The van der Waals surface area contributed by atoms with Crippen LogP contribution in [0.1, 0.15) is 38.1 Å². The summed E-state index contributed by atoms with van der Waals surface area (Å²) in [5.41, 5.74) is 1.89. The predicted molar refractivity (Wildman–Crippen MR) is 79.5 cm³/mol. The topological polar surface area (TPSA) is 21.1 Å². The summed E-state index contributed by atoms with van der Waals surface area (Å²) in [5, 5.41) is 0. The Kier molecular flexibility index (Phi) is 3.74. The van der Waals surface area contributed by atoms with Gasteiger partial charge in [-0.2, -0.15) is 0 Å². The summed E-state index contributed by atoms with van der Waals surface area (Å²) in [4.78, 5) is 7.04. The maximum Gasteiger partial charge on any atom is 0.125 e. The average molecular weight is 275 g/mol. The van der Waals surface area contributed by atoms with Gasteiger partial charge in [-0.05, 0) is 51.5 Å². The largest absolute Gasteiger partial charge is 0.325 e. The first kappa shape index (κ1) is 13.6. The van der Waals surface area contributed by atoms with E-state index in [-0.39, 0.29) is 5.82 Å². The number of likely N-dealkylation sites (tertiary alicyclic amines) is 1. The number of halogens is 1. The Balaban J connectivity index is 2.04. The number of hydrogen-bond donors (Lipinski definition) is 0. The minimum atomic E-state index is -0.200. The quantitative estimate of drug-likeness (QED) is 0.856. The molecule has 0 aliphatic carbocycles. The molecule has 0 radical (unpaired) electrons. The molecule has 0 unspecified atom stereocenters. The van der Waals surface area contributed by atoms with Crippen LogP contribution in [0.4, 0.5) is 4.39 Å². The van der Waals surface area contributed by atoms with Crippen molar-refractivity contribution in [3.05, 3.63) is 29.8 Å². The second kappa shape index (κ2) is 5.52. The molecular weight excluding hydrogens is 253 g/mol. The van der Waals surface area contributed by atoms with Gasteiger partial charge < -0.3 is 9.47 Å².